The molecule has 3 N–H and O–H groups in total. The van der Waals surface area contributed by atoms with Gasteiger partial charge in [-0.25, -0.2) is 4.98 Å². The Morgan fingerprint density at radius 3 is 2.63 bits per heavy atom. The van der Waals surface area contributed by atoms with Gasteiger partial charge in [0.25, 0.3) is 5.91 Å². The van der Waals surface area contributed by atoms with E-state index in [0.29, 0.717) is 24.4 Å². The van der Waals surface area contributed by atoms with Gasteiger partial charge in [-0.2, -0.15) is 5.10 Å². The fraction of sp³-hybridized carbons (Fsp3) is 0.577. The molecular formula is C26H32N6O3. The molecule has 0 radical (unpaired) electrons. The van der Waals surface area contributed by atoms with Crippen molar-refractivity contribution in [2.24, 2.45) is 5.92 Å². The third kappa shape index (κ3) is 4.32. The van der Waals surface area contributed by atoms with Gasteiger partial charge < -0.3 is 10.2 Å². The van der Waals surface area contributed by atoms with E-state index < -0.39 is 6.04 Å². The molecule has 9 nitrogen and oxygen atoms in total. The highest BCUT2D eigenvalue weighted by Crippen LogP contribution is 2.45. The first-order valence-corrected chi connectivity index (χ1v) is 12.9. The molecule has 6 rings (SSSR count). The summed E-state index contributed by atoms with van der Waals surface area (Å²) in [6.07, 6.45) is 11.4. The van der Waals surface area contributed by atoms with Gasteiger partial charge in [0.2, 0.25) is 11.8 Å². The number of aromatic amines is 1. The minimum absolute atomic E-state index is 0.0145. The van der Waals surface area contributed by atoms with Crippen molar-refractivity contribution in [2.45, 2.75) is 88.3 Å². The lowest BCUT2D eigenvalue weighted by atomic mass is 9.73. The van der Waals surface area contributed by atoms with Gasteiger partial charge in [0.1, 0.15) is 18.2 Å². The highest BCUT2D eigenvalue weighted by Gasteiger charge is 2.42. The summed E-state index contributed by atoms with van der Waals surface area (Å²) in [7, 11) is 0. The lowest BCUT2D eigenvalue weighted by Gasteiger charge is -2.42. The Labute approximate surface area is 204 Å². The maximum atomic E-state index is 13.3. The molecule has 0 bridgehead atoms. The summed E-state index contributed by atoms with van der Waals surface area (Å²) in [5, 5.41) is 13.4. The minimum atomic E-state index is -0.596. The Balaban J connectivity index is 1.22. The van der Waals surface area contributed by atoms with Crippen molar-refractivity contribution in [1.82, 2.24) is 25.4 Å². The maximum absolute atomic E-state index is 13.3. The first-order chi connectivity index (χ1) is 17.0. The van der Waals surface area contributed by atoms with Gasteiger partial charge in [0.15, 0.2) is 0 Å². The van der Waals surface area contributed by atoms with Gasteiger partial charge >= 0.3 is 0 Å². The third-order valence-electron chi connectivity index (χ3n) is 8.47. The number of carbonyl (C=O) groups excluding carboxylic acids is 3. The SMILES string of the molecule is O=C1CCC(N2Cc3c(NC4(CCC5CC5)CCC(c5ncn[nH]5)CC4)cccc3C2=O)C(=O)N1. The van der Waals surface area contributed by atoms with Crippen molar-refractivity contribution in [3.8, 4) is 0 Å². The Kier molecular flexibility index (Phi) is 5.57. The molecule has 1 unspecified atom stereocenters. The summed E-state index contributed by atoms with van der Waals surface area (Å²) in [6, 6.07) is 5.26. The lowest BCUT2D eigenvalue weighted by Crippen LogP contribution is -2.52. The van der Waals surface area contributed by atoms with Crippen molar-refractivity contribution in [2.75, 3.05) is 5.32 Å². The van der Waals surface area contributed by atoms with E-state index in [1.54, 1.807) is 11.2 Å². The van der Waals surface area contributed by atoms with E-state index in [9.17, 15) is 14.4 Å². The lowest BCUT2D eigenvalue weighted by molar-refractivity contribution is -0.136. The molecular weight excluding hydrogens is 444 g/mol. The number of piperidine rings is 1. The fourth-order valence-corrected chi connectivity index (χ4v) is 6.17. The molecule has 3 fully saturated rings. The Bertz CT molecular complexity index is 1130. The zero-order chi connectivity index (χ0) is 24.0. The Morgan fingerprint density at radius 1 is 1.09 bits per heavy atom. The van der Waals surface area contributed by atoms with E-state index in [1.807, 2.05) is 12.1 Å². The number of carbonyl (C=O) groups is 3. The van der Waals surface area contributed by atoms with Crippen molar-refractivity contribution >= 4 is 23.4 Å². The van der Waals surface area contributed by atoms with Crippen LogP contribution in [0.25, 0.3) is 0 Å². The molecule has 2 saturated carbocycles. The molecule has 0 spiro atoms. The van der Waals surface area contributed by atoms with Crippen LogP contribution in [0.15, 0.2) is 24.5 Å². The van der Waals surface area contributed by atoms with Crippen LogP contribution in [0.4, 0.5) is 5.69 Å². The van der Waals surface area contributed by atoms with Gasteiger partial charge in [0, 0.05) is 41.2 Å². The van der Waals surface area contributed by atoms with E-state index in [1.165, 1.54) is 19.3 Å². The van der Waals surface area contributed by atoms with Gasteiger partial charge in [-0.1, -0.05) is 18.9 Å². The summed E-state index contributed by atoms with van der Waals surface area (Å²) in [4.78, 5) is 43.4. The zero-order valence-corrected chi connectivity index (χ0v) is 19.9. The number of imide groups is 1. The smallest absolute Gasteiger partial charge is 0.255 e. The second-order valence-electron chi connectivity index (χ2n) is 10.8. The number of nitrogens with zero attached hydrogens (tertiary/aromatic N) is 3. The summed E-state index contributed by atoms with van der Waals surface area (Å²) in [6.45, 7) is 0.392. The van der Waals surface area contributed by atoms with Crippen LogP contribution in [0.2, 0.25) is 0 Å². The number of nitrogens with one attached hydrogen (secondary N) is 3. The minimum Gasteiger partial charge on any atom is -0.379 e. The molecule has 2 aliphatic carbocycles. The Hall–Kier alpha value is -3.23. The molecule has 3 amide bonds. The standard InChI is InChI=1S/C26H32N6O3/c33-22-7-6-21(24(34)29-22)32-14-19-18(25(32)35)2-1-3-20(19)30-26(11-8-16-4-5-16)12-9-17(10-13-26)23-27-15-28-31-23/h1-3,15-17,21,30H,4-14H2,(H,27,28,31)(H,29,33,34). The molecule has 3 heterocycles. The summed E-state index contributed by atoms with van der Waals surface area (Å²) in [5.74, 6) is 1.47. The van der Waals surface area contributed by atoms with Crippen molar-refractivity contribution < 1.29 is 14.4 Å². The average molecular weight is 477 g/mol. The number of hydrogen-bond donors (Lipinski definition) is 3. The van der Waals surface area contributed by atoms with Gasteiger partial charge in [0.05, 0.1) is 0 Å². The topological polar surface area (TPSA) is 120 Å². The van der Waals surface area contributed by atoms with Crippen LogP contribution in [0, 0.1) is 5.92 Å². The number of H-pyrrole nitrogens is 1. The van der Waals surface area contributed by atoms with Crippen LogP contribution < -0.4 is 10.6 Å². The van der Waals surface area contributed by atoms with Crippen LogP contribution in [-0.4, -0.2) is 49.4 Å². The molecule has 4 aliphatic rings. The van der Waals surface area contributed by atoms with E-state index in [0.717, 1.165) is 55.1 Å². The number of fused-ring (bicyclic) bond motifs is 1. The fourth-order valence-electron chi connectivity index (χ4n) is 6.17. The predicted octanol–water partition coefficient (Wildman–Crippen LogP) is 3.26. The van der Waals surface area contributed by atoms with E-state index >= 15 is 0 Å². The van der Waals surface area contributed by atoms with Crippen molar-refractivity contribution in [3.63, 3.8) is 0 Å². The van der Waals surface area contributed by atoms with Gasteiger partial charge in [-0.3, -0.25) is 24.8 Å². The number of rotatable bonds is 7. The average Bonchev–Trinajstić information content (AvgIpc) is 3.41. The molecule has 9 heteroatoms. The summed E-state index contributed by atoms with van der Waals surface area (Å²) < 4.78 is 0. The monoisotopic (exact) mass is 476 g/mol. The van der Waals surface area contributed by atoms with E-state index in [4.69, 9.17) is 0 Å². The van der Waals surface area contributed by atoms with Gasteiger partial charge in [-0.05, 0) is 63.0 Å². The highest BCUT2D eigenvalue weighted by atomic mass is 16.2. The molecule has 1 aromatic heterocycles. The predicted molar refractivity (Wildman–Crippen MR) is 128 cm³/mol. The van der Waals surface area contributed by atoms with Crippen molar-refractivity contribution in [1.29, 1.82) is 0 Å². The van der Waals surface area contributed by atoms with Crippen LogP contribution in [0.3, 0.4) is 0 Å². The largest absolute Gasteiger partial charge is 0.379 e. The van der Waals surface area contributed by atoms with E-state index in [-0.39, 0.29) is 29.7 Å². The number of hydrogen-bond acceptors (Lipinski definition) is 6. The van der Waals surface area contributed by atoms with E-state index in [2.05, 4.69) is 31.9 Å². The molecule has 35 heavy (non-hydrogen) atoms. The zero-order valence-electron chi connectivity index (χ0n) is 19.9. The van der Waals surface area contributed by atoms with Crippen molar-refractivity contribution in [3.05, 3.63) is 41.5 Å². The molecule has 1 saturated heterocycles. The second kappa shape index (κ2) is 8.77. The van der Waals surface area contributed by atoms with Crippen LogP contribution >= 0.6 is 0 Å². The molecule has 2 aliphatic heterocycles. The molecule has 1 atom stereocenters. The number of amides is 3. The Morgan fingerprint density at radius 2 is 1.91 bits per heavy atom. The van der Waals surface area contributed by atoms with Crippen LogP contribution in [0.5, 0.6) is 0 Å². The quantitative estimate of drug-likeness (QED) is 0.528. The molecule has 1 aromatic carbocycles. The first-order valence-electron chi connectivity index (χ1n) is 12.9. The highest BCUT2D eigenvalue weighted by molar-refractivity contribution is 6.06. The second-order valence-corrected chi connectivity index (χ2v) is 10.8. The maximum Gasteiger partial charge on any atom is 0.255 e. The third-order valence-corrected chi connectivity index (χ3v) is 8.47. The van der Waals surface area contributed by atoms with Gasteiger partial charge in [-0.15, -0.1) is 0 Å². The summed E-state index contributed by atoms with van der Waals surface area (Å²) >= 11 is 0. The molecule has 184 valence electrons. The van der Waals surface area contributed by atoms with Crippen LogP contribution in [-0.2, 0) is 16.1 Å². The molecule has 2 aromatic rings. The summed E-state index contributed by atoms with van der Waals surface area (Å²) in [5.41, 5.74) is 2.61. The number of anilines is 1. The number of aromatic nitrogens is 3. The first kappa shape index (κ1) is 22.2. The normalized spacial score (nSPS) is 28.7. The number of benzene rings is 1. The van der Waals surface area contributed by atoms with Crippen LogP contribution in [0.1, 0.15) is 91.9 Å².